The maximum Gasteiger partial charge on any atom is 0.203 e. The average Bonchev–Trinajstić information content (AvgIpc) is 2.55. The van der Waals surface area contributed by atoms with Gasteiger partial charge in [-0.3, -0.25) is 0 Å². The monoisotopic (exact) mass is 273 g/mol. The second kappa shape index (κ2) is 5.33. The number of aliphatic imine (C=N–C) groups is 1. The van der Waals surface area contributed by atoms with Gasteiger partial charge in [-0.15, -0.1) is 12.4 Å². The third-order valence-electron chi connectivity index (χ3n) is 3.02. The molecule has 0 saturated heterocycles. The number of halogens is 1. The van der Waals surface area contributed by atoms with Crippen LogP contribution in [0.5, 0.6) is 0 Å². The molecule has 0 aromatic heterocycles. The molecule has 1 aliphatic rings. The predicted molar refractivity (Wildman–Crippen MR) is 83.5 cm³/mol. The number of hydrogen-bond donors (Lipinski definition) is 1. The van der Waals surface area contributed by atoms with E-state index in [1.165, 1.54) is 5.56 Å². The average molecular weight is 274 g/mol. The van der Waals surface area contributed by atoms with E-state index in [-0.39, 0.29) is 12.4 Å². The Balaban J connectivity index is 0.00000133. The zero-order valence-corrected chi connectivity index (χ0v) is 11.7. The number of rotatable bonds is 0. The highest BCUT2D eigenvalue weighted by atomic mass is 35.5. The number of guanidine groups is 1. The van der Waals surface area contributed by atoms with Gasteiger partial charge >= 0.3 is 0 Å². The molecule has 0 bridgehead atoms. The fourth-order valence-electron chi connectivity index (χ4n) is 2.10. The molecule has 1 aliphatic heterocycles. The molecule has 0 saturated carbocycles. The fourth-order valence-corrected chi connectivity index (χ4v) is 2.10. The van der Waals surface area contributed by atoms with E-state index in [2.05, 4.69) is 34.6 Å². The second-order valence-electron chi connectivity index (χ2n) is 4.52. The largest absolute Gasteiger partial charge is 0.349 e. The van der Waals surface area contributed by atoms with E-state index in [4.69, 9.17) is 0 Å². The third kappa shape index (κ3) is 2.42. The summed E-state index contributed by atoms with van der Waals surface area (Å²) in [6.45, 7) is 0. The number of fused-ring (bicyclic) bond motifs is 3. The summed E-state index contributed by atoms with van der Waals surface area (Å²) in [6, 6.07) is 16.5. The molecule has 0 fully saturated rings. The van der Waals surface area contributed by atoms with E-state index in [0.29, 0.717) is 0 Å². The maximum atomic E-state index is 4.68. The van der Waals surface area contributed by atoms with Crippen LogP contribution in [0.3, 0.4) is 0 Å². The molecule has 0 atom stereocenters. The lowest BCUT2D eigenvalue weighted by Gasteiger charge is -2.16. The number of hydrogen-bond acceptors (Lipinski definition) is 3. The van der Waals surface area contributed by atoms with E-state index in [1.807, 2.05) is 43.3 Å². The lowest BCUT2D eigenvalue weighted by molar-refractivity contribution is 0.621. The molecule has 1 heterocycles. The molecule has 3 nitrogen and oxygen atoms in total. The Morgan fingerprint density at radius 3 is 2.26 bits per heavy atom. The van der Waals surface area contributed by atoms with Gasteiger partial charge in [0, 0.05) is 30.9 Å². The molecular weight excluding hydrogens is 258 g/mol. The van der Waals surface area contributed by atoms with Crippen molar-refractivity contribution in [1.82, 2.24) is 4.90 Å². The summed E-state index contributed by atoms with van der Waals surface area (Å²) < 4.78 is 0. The summed E-state index contributed by atoms with van der Waals surface area (Å²) in [5, 5.41) is 3.38. The van der Waals surface area contributed by atoms with Gasteiger partial charge in [0.1, 0.15) is 0 Å². The summed E-state index contributed by atoms with van der Waals surface area (Å²) in [6.07, 6.45) is 0. The van der Waals surface area contributed by atoms with Crippen molar-refractivity contribution in [1.29, 1.82) is 0 Å². The summed E-state index contributed by atoms with van der Waals surface area (Å²) in [7, 11) is 3.98. The van der Waals surface area contributed by atoms with Crippen LogP contribution in [0.1, 0.15) is 0 Å². The van der Waals surface area contributed by atoms with E-state index in [1.54, 1.807) is 0 Å². The highest BCUT2D eigenvalue weighted by molar-refractivity contribution is 6.03. The number of para-hydroxylation sites is 2. The number of nitrogens with zero attached hydrogens (tertiary/aromatic N) is 2. The molecule has 2 aromatic rings. The van der Waals surface area contributed by atoms with Crippen molar-refractivity contribution in [3.8, 4) is 11.1 Å². The van der Waals surface area contributed by atoms with Crippen LogP contribution in [0, 0.1) is 0 Å². The standard InChI is InChI=1S/C15H15N3.ClH/c1-18(2)15-16-13-9-5-3-7-11(13)12-8-4-6-10-14(12)17-15;/h3-10H,1-2H3,(H,16,17);1H. The molecule has 4 heteroatoms. The number of anilines is 1. The molecule has 0 spiro atoms. The van der Waals surface area contributed by atoms with Gasteiger partial charge in [0.15, 0.2) is 0 Å². The Kier molecular flexibility index (Phi) is 3.76. The van der Waals surface area contributed by atoms with Gasteiger partial charge in [-0.2, -0.15) is 0 Å². The zero-order valence-electron chi connectivity index (χ0n) is 10.9. The highest BCUT2D eigenvalue weighted by Crippen LogP contribution is 2.37. The van der Waals surface area contributed by atoms with E-state index in [9.17, 15) is 0 Å². The van der Waals surface area contributed by atoms with Crippen LogP contribution in [0.4, 0.5) is 11.4 Å². The van der Waals surface area contributed by atoms with Crippen molar-refractivity contribution >= 4 is 29.7 Å². The minimum Gasteiger partial charge on any atom is -0.349 e. The third-order valence-corrected chi connectivity index (χ3v) is 3.02. The van der Waals surface area contributed by atoms with Gasteiger partial charge in [0.2, 0.25) is 5.96 Å². The Morgan fingerprint density at radius 2 is 1.53 bits per heavy atom. The molecule has 0 amide bonds. The van der Waals surface area contributed by atoms with Gasteiger partial charge in [0.25, 0.3) is 0 Å². The van der Waals surface area contributed by atoms with Crippen molar-refractivity contribution in [2.24, 2.45) is 4.99 Å². The first kappa shape index (κ1) is 13.4. The van der Waals surface area contributed by atoms with Crippen LogP contribution in [-0.4, -0.2) is 25.0 Å². The van der Waals surface area contributed by atoms with Crippen molar-refractivity contribution in [2.75, 3.05) is 19.4 Å². The van der Waals surface area contributed by atoms with Gasteiger partial charge in [-0.05, 0) is 12.1 Å². The highest BCUT2D eigenvalue weighted by Gasteiger charge is 2.15. The molecule has 0 unspecified atom stereocenters. The summed E-state index contributed by atoms with van der Waals surface area (Å²) >= 11 is 0. The van der Waals surface area contributed by atoms with Gasteiger partial charge in [-0.1, -0.05) is 36.4 Å². The van der Waals surface area contributed by atoms with Gasteiger partial charge in [0.05, 0.1) is 5.69 Å². The van der Waals surface area contributed by atoms with E-state index in [0.717, 1.165) is 22.9 Å². The lowest BCUT2D eigenvalue weighted by atomic mass is 10.0. The van der Waals surface area contributed by atoms with Crippen LogP contribution in [0.2, 0.25) is 0 Å². The van der Waals surface area contributed by atoms with Crippen molar-refractivity contribution in [3.63, 3.8) is 0 Å². The normalized spacial score (nSPS) is 12.0. The molecule has 19 heavy (non-hydrogen) atoms. The first-order valence-corrected chi connectivity index (χ1v) is 5.97. The summed E-state index contributed by atoms with van der Waals surface area (Å²) in [5.74, 6) is 0.854. The molecule has 2 aromatic carbocycles. The Bertz CT molecular complexity index is 620. The fraction of sp³-hybridized carbons (Fsp3) is 0.133. The molecule has 3 rings (SSSR count). The Morgan fingerprint density at radius 1 is 0.895 bits per heavy atom. The van der Waals surface area contributed by atoms with Crippen LogP contribution >= 0.6 is 12.4 Å². The summed E-state index contributed by atoms with van der Waals surface area (Å²) in [4.78, 5) is 6.67. The minimum atomic E-state index is 0. The lowest BCUT2D eigenvalue weighted by Crippen LogP contribution is -2.28. The topological polar surface area (TPSA) is 27.6 Å². The van der Waals surface area contributed by atoms with Crippen LogP contribution in [0.15, 0.2) is 53.5 Å². The van der Waals surface area contributed by atoms with E-state index < -0.39 is 0 Å². The predicted octanol–water partition coefficient (Wildman–Crippen LogP) is 3.75. The molecular formula is C15H16ClN3. The number of benzene rings is 2. The van der Waals surface area contributed by atoms with Crippen molar-refractivity contribution in [3.05, 3.63) is 48.5 Å². The van der Waals surface area contributed by atoms with Crippen LogP contribution < -0.4 is 5.32 Å². The van der Waals surface area contributed by atoms with Gasteiger partial charge in [-0.25, -0.2) is 4.99 Å². The quantitative estimate of drug-likeness (QED) is 0.792. The molecule has 98 valence electrons. The zero-order chi connectivity index (χ0) is 12.5. The van der Waals surface area contributed by atoms with Gasteiger partial charge < -0.3 is 10.2 Å². The van der Waals surface area contributed by atoms with Crippen molar-refractivity contribution in [2.45, 2.75) is 0 Å². The van der Waals surface area contributed by atoms with E-state index >= 15 is 0 Å². The molecule has 0 aliphatic carbocycles. The Hall–Kier alpha value is -2.00. The molecule has 1 N–H and O–H groups in total. The summed E-state index contributed by atoms with van der Waals surface area (Å²) in [5.41, 5.74) is 4.44. The van der Waals surface area contributed by atoms with Crippen LogP contribution in [-0.2, 0) is 0 Å². The van der Waals surface area contributed by atoms with Crippen LogP contribution in [0.25, 0.3) is 11.1 Å². The first-order chi connectivity index (χ1) is 8.75. The van der Waals surface area contributed by atoms with Crippen molar-refractivity contribution < 1.29 is 0 Å². The first-order valence-electron chi connectivity index (χ1n) is 5.97. The molecule has 0 radical (unpaired) electrons. The maximum absolute atomic E-state index is 4.68. The number of nitrogens with one attached hydrogen (secondary N) is 1. The Labute approximate surface area is 119 Å². The SMILES string of the molecule is CN(C)C1=Nc2ccccc2-c2ccccc2N1.Cl. The minimum absolute atomic E-state index is 0. The second-order valence-corrected chi connectivity index (χ2v) is 4.52. The smallest absolute Gasteiger partial charge is 0.203 e.